The quantitative estimate of drug-likeness (QED) is 0.363. The molecule has 0 aliphatic rings. The van der Waals surface area contributed by atoms with Gasteiger partial charge in [-0.05, 0) is 53.9 Å². The van der Waals surface area contributed by atoms with Gasteiger partial charge in [-0.15, -0.1) is 6.42 Å². The van der Waals surface area contributed by atoms with Crippen molar-refractivity contribution < 1.29 is 9.13 Å². The maximum Gasteiger partial charge on any atom is 0.186 e. The molecule has 0 aliphatic heterocycles. The van der Waals surface area contributed by atoms with Gasteiger partial charge in [-0.2, -0.15) is 0 Å². The summed E-state index contributed by atoms with van der Waals surface area (Å²) in [6.45, 7) is 1.42. The Kier molecular flexibility index (Phi) is 5.97. The van der Waals surface area contributed by atoms with Crippen LogP contribution in [-0.2, 0) is 13.0 Å². The van der Waals surface area contributed by atoms with E-state index < -0.39 is 0 Å². The number of terminal acetylenes is 1. The topological polar surface area (TPSA) is 25.4 Å². The molecule has 4 aromatic rings. The number of aromatic nitrogens is 1. The van der Waals surface area contributed by atoms with Crippen molar-refractivity contribution >= 4 is 26.7 Å². The molecule has 0 spiro atoms. The highest BCUT2D eigenvalue weighted by Crippen LogP contribution is 2.31. The predicted octanol–water partition coefficient (Wildman–Crippen LogP) is 5.67. The first-order chi connectivity index (χ1) is 14.7. The highest BCUT2D eigenvalue weighted by Gasteiger charge is 2.15. The molecule has 0 fully saturated rings. The van der Waals surface area contributed by atoms with Crippen LogP contribution in [0.2, 0.25) is 0 Å². The monoisotopic (exact) mass is 416 g/mol. The Hall–Kier alpha value is -3.36. The maximum atomic E-state index is 14.2. The molecule has 0 radical (unpaired) electrons. The van der Waals surface area contributed by atoms with E-state index in [-0.39, 0.29) is 5.82 Å². The molecule has 5 heteroatoms. The van der Waals surface area contributed by atoms with Gasteiger partial charge in [0, 0.05) is 18.7 Å². The molecule has 0 bridgehead atoms. The minimum atomic E-state index is -0.232. The average molecular weight is 417 g/mol. The van der Waals surface area contributed by atoms with E-state index in [4.69, 9.17) is 16.1 Å². The third-order valence-electron chi connectivity index (χ3n) is 4.95. The van der Waals surface area contributed by atoms with Crippen LogP contribution in [0.5, 0.6) is 5.75 Å². The smallest absolute Gasteiger partial charge is 0.186 e. The van der Waals surface area contributed by atoms with Gasteiger partial charge in [0.2, 0.25) is 0 Å². The summed E-state index contributed by atoms with van der Waals surface area (Å²) in [5, 5.41) is 0.810. The number of anilines is 1. The highest BCUT2D eigenvalue weighted by atomic mass is 32.1. The third kappa shape index (κ3) is 4.45. The fourth-order valence-corrected chi connectivity index (χ4v) is 4.26. The first kappa shape index (κ1) is 19.9. The van der Waals surface area contributed by atoms with Crippen molar-refractivity contribution in [1.29, 1.82) is 0 Å². The lowest BCUT2D eigenvalue weighted by molar-refractivity contribution is 0.414. The number of ether oxygens (including phenoxy) is 1. The lowest BCUT2D eigenvalue weighted by Gasteiger charge is -2.22. The van der Waals surface area contributed by atoms with E-state index in [1.807, 2.05) is 42.5 Å². The van der Waals surface area contributed by atoms with Crippen LogP contribution < -0.4 is 9.64 Å². The number of hydrogen-bond donors (Lipinski definition) is 0. The second kappa shape index (κ2) is 8.98. The number of methoxy groups -OCH3 is 1. The Morgan fingerprint density at radius 1 is 1.03 bits per heavy atom. The van der Waals surface area contributed by atoms with E-state index in [1.165, 1.54) is 23.0 Å². The molecule has 0 N–H and O–H groups in total. The van der Waals surface area contributed by atoms with Crippen LogP contribution in [-0.4, -0.2) is 18.6 Å². The van der Waals surface area contributed by atoms with Gasteiger partial charge in [0.1, 0.15) is 11.6 Å². The molecule has 30 heavy (non-hydrogen) atoms. The largest absolute Gasteiger partial charge is 0.497 e. The average Bonchev–Trinajstić information content (AvgIpc) is 3.23. The Labute approximate surface area is 179 Å². The summed E-state index contributed by atoms with van der Waals surface area (Å²) in [6, 6.07) is 21.0. The van der Waals surface area contributed by atoms with Gasteiger partial charge in [0.05, 0.1) is 17.3 Å². The van der Waals surface area contributed by atoms with Crippen LogP contribution >= 0.6 is 11.3 Å². The number of rotatable bonds is 7. The van der Waals surface area contributed by atoms with Crippen LogP contribution in [0.1, 0.15) is 16.7 Å². The fourth-order valence-electron chi connectivity index (χ4n) is 3.26. The highest BCUT2D eigenvalue weighted by molar-refractivity contribution is 7.22. The fraction of sp³-hybridized carbons (Fsp3) is 0.160. The summed E-state index contributed by atoms with van der Waals surface area (Å²) < 4.78 is 20.0. The first-order valence-corrected chi connectivity index (χ1v) is 10.5. The van der Waals surface area contributed by atoms with Gasteiger partial charge in [-0.3, -0.25) is 0 Å². The standard InChI is InChI=1S/C25H21FN2OS/c1-3-18-7-9-20(10-8-18)17-28(16-15-19-11-13-21(29-2)14-12-19)25-27-23-6-4-5-22(26)24(23)30-25/h1,4-14H,15-17H2,2H3. The molecule has 0 unspecified atom stereocenters. The van der Waals surface area contributed by atoms with E-state index in [0.29, 0.717) is 16.8 Å². The van der Waals surface area contributed by atoms with Crippen molar-refractivity contribution in [3.05, 3.63) is 89.2 Å². The molecule has 150 valence electrons. The predicted molar refractivity (Wildman–Crippen MR) is 122 cm³/mol. The Bertz CT molecular complexity index is 1180. The molecular weight excluding hydrogens is 395 g/mol. The number of halogens is 1. The van der Waals surface area contributed by atoms with E-state index in [2.05, 4.69) is 23.0 Å². The number of benzene rings is 3. The van der Waals surface area contributed by atoms with Crippen molar-refractivity contribution in [1.82, 2.24) is 4.98 Å². The lowest BCUT2D eigenvalue weighted by Crippen LogP contribution is -2.25. The van der Waals surface area contributed by atoms with Gasteiger partial charge < -0.3 is 9.64 Å². The van der Waals surface area contributed by atoms with E-state index in [1.54, 1.807) is 13.2 Å². The first-order valence-electron chi connectivity index (χ1n) is 9.65. The molecule has 0 amide bonds. The van der Waals surface area contributed by atoms with E-state index >= 15 is 0 Å². The summed E-state index contributed by atoms with van der Waals surface area (Å²) >= 11 is 1.39. The molecule has 3 aromatic carbocycles. The van der Waals surface area contributed by atoms with Crippen molar-refractivity contribution in [3.63, 3.8) is 0 Å². The molecular formula is C25H21FN2OS. The minimum absolute atomic E-state index is 0.232. The van der Waals surface area contributed by atoms with Gasteiger partial charge in [0.25, 0.3) is 0 Å². The van der Waals surface area contributed by atoms with Crippen LogP contribution in [0.15, 0.2) is 66.7 Å². The van der Waals surface area contributed by atoms with Crippen molar-refractivity contribution in [2.75, 3.05) is 18.6 Å². The molecule has 4 rings (SSSR count). The summed E-state index contributed by atoms with van der Waals surface area (Å²) in [5.74, 6) is 3.25. The molecule has 0 saturated heterocycles. The van der Waals surface area contributed by atoms with Gasteiger partial charge >= 0.3 is 0 Å². The van der Waals surface area contributed by atoms with Crippen LogP contribution in [0.25, 0.3) is 10.2 Å². The summed E-state index contributed by atoms with van der Waals surface area (Å²) in [6.07, 6.45) is 6.31. The Balaban J connectivity index is 1.60. The minimum Gasteiger partial charge on any atom is -0.497 e. The van der Waals surface area contributed by atoms with Crippen LogP contribution in [0, 0.1) is 18.2 Å². The maximum absolute atomic E-state index is 14.2. The lowest BCUT2D eigenvalue weighted by atomic mass is 10.1. The second-order valence-corrected chi connectivity index (χ2v) is 7.92. The van der Waals surface area contributed by atoms with Gasteiger partial charge in [-0.25, -0.2) is 9.37 Å². The molecule has 0 saturated carbocycles. The molecule has 0 aliphatic carbocycles. The number of hydrogen-bond acceptors (Lipinski definition) is 4. The number of nitrogens with zero attached hydrogens (tertiary/aromatic N) is 2. The second-order valence-electron chi connectivity index (χ2n) is 6.95. The zero-order chi connectivity index (χ0) is 20.9. The van der Waals surface area contributed by atoms with Crippen molar-refractivity contribution in [3.8, 4) is 18.1 Å². The van der Waals surface area contributed by atoms with Crippen LogP contribution in [0.4, 0.5) is 9.52 Å². The molecule has 0 atom stereocenters. The van der Waals surface area contributed by atoms with Gasteiger partial charge in [0.15, 0.2) is 5.13 Å². The number of fused-ring (bicyclic) bond motifs is 1. The molecule has 1 aromatic heterocycles. The Morgan fingerprint density at radius 2 is 1.77 bits per heavy atom. The van der Waals surface area contributed by atoms with E-state index in [9.17, 15) is 4.39 Å². The summed E-state index contributed by atoms with van der Waals surface area (Å²) in [5.41, 5.74) is 3.87. The molecule has 1 heterocycles. The van der Waals surface area contributed by atoms with E-state index in [0.717, 1.165) is 35.0 Å². The summed E-state index contributed by atoms with van der Waals surface area (Å²) in [4.78, 5) is 6.89. The van der Waals surface area contributed by atoms with Crippen molar-refractivity contribution in [2.24, 2.45) is 0 Å². The summed E-state index contributed by atoms with van der Waals surface area (Å²) in [7, 11) is 1.66. The third-order valence-corrected chi connectivity index (χ3v) is 6.09. The zero-order valence-electron chi connectivity index (χ0n) is 16.6. The van der Waals surface area contributed by atoms with Gasteiger partial charge in [-0.1, -0.05) is 47.6 Å². The SMILES string of the molecule is C#Cc1ccc(CN(CCc2ccc(OC)cc2)c2nc3cccc(F)c3s2)cc1. The number of thiazole rings is 1. The molecule has 3 nitrogen and oxygen atoms in total. The van der Waals surface area contributed by atoms with Crippen molar-refractivity contribution in [2.45, 2.75) is 13.0 Å². The Morgan fingerprint density at radius 3 is 2.43 bits per heavy atom. The zero-order valence-corrected chi connectivity index (χ0v) is 17.5. The van der Waals surface area contributed by atoms with Crippen LogP contribution in [0.3, 0.4) is 0 Å². The normalized spacial score (nSPS) is 10.7.